The van der Waals surface area contributed by atoms with Crippen molar-refractivity contribution in [3.8, 4) is 0 Å². The molecule has 0 saturated carbocycles. The molecule has 0 aromatic heterocycles. The lowest BCUT2D eigenvalue weighted by Gasteiger charge is -2.23. The van der Waals surface area contributed by atoms with E-state index in [2.05, 4.69) is 4.72 Å². The van der Waals surface area contributed by atoms with Crippen molar-refractivity contribution in [2.75, 3.05) is 23.6 Å². The third-order valence-electron chi connectivity index (χ3n) is 3.05. The Labute approximate surface area is 142 Å². The second-order valence-electron chi connectivity index (χ2n) is 5.97. The molecule has 7 nitrogen and oxygen atoms in total. The van der Waals surface area contributed by atoms with Gasteiger partial charge >= 0.3 is 5.97 Å². The summed E-state index contributed by atoms with van der Waals surface area (Å²) in [6, 6.07) is 6.07. The van der Waals surface area contributed by atoms with Crippen LogP contribution >= 0.6 is 0 Å². The number of sulfonamides is 1. The Hall–Kier alpha value is -2.09. The third kappa shape index (κ3) is 6.57. The van der Waals surface area contributed by atoms with Gasteiger partial charge in [-0.05, 0) is 30.5 Å². The van der Waals surface area contributed by atoms with Crippen molar-refractivity contribution in [3.05, 3.63) is 29.8 Å². The van der Waals surface area contributed by atoms with Crippen LogP contribution in [0.2, 0.25) is 0 Å². The van der Waals surface area contributed by atoms with Crippen LogP contribution in [0.25, 0.3) is 0 Å². The number of hydrogen-bond acceptors (Lipinski definition) is 4. The first kappa shape index (κ1) is 20.0. The number of carbonyl (C=O) groups excluding carboxylic acids is 1. The van der Waals surface area contributed by atoms with E-state index in [0.29, 0.717) is 13.0 Å². The van der Waals surface area contributed by atoms with Gasteiger partial charge in [-0.2, -0.15) is 0 Å². The Kier molecular flexibility index (Phi) is 7.21. The Balaban J connectivity index is 3.01. The number of carboxylic acid groups (broad SMARTS) is 1. The molecular weight excluding hydrogens is 332 g/mol. The molecule has 0 saturated heterocycles. The number of hydrogen-bond donors (Lipinski definition) is 2. The fraction of sp³-hybridized carbons (Fsp3) is 0.500. The Morgan fingerprint density at radius 3 is 2.50 bits per heavy atom. The molecule has 0 bridgehead atoms. The Morgan fingerprint density at radius 2 is 1.96 bits per heavy atom. The summed E-state index contributed by atoms with van der Waals surface area (Å²) in [6.45, 7) is 5.43. The minimum Gasteiger partial charge on any atom is -0.480 e. The van der Waals surface area contributed by atoms with E-state index in [0.717, 1.165) is 0 Å². The van der Waals surface area contributed by atoms with Gasteiger partial charge in [-0.15, -0.1) is 0 Å². The molecule has 0 fully saturated rings. The Morgan fingerprint density at radius 1 is 1.29 bits per heavy atom. The van der Waals surface area contributed by atoms with Gasteiger partial charge in [0.2, 0.25) is 10.0 Å². The lowest BCUT2D eigenvalue weighted by atomic mass is 10.1. The first-order valence-electron chi connectivity index (χ1n) is 7.76. The lowest BCUT2D eigenvalue weighted by molar-refractivity contribution is -0.137. The van der Waals surface area contributed by atoms with Crippen molar-refractivity contribution in [2.24, 2.45) is 5.92 Å². The van der Waals surface area contributed by atoms with Crippen molar-refractivity contribution in [2.45, 2.75) is 27.2 Å². The highest BCUT2D eigenvalue weighted by Crippen LogP contribution is 2.15. The average molecular weight is 356 g/mol. The number of aliphatic carboxylic acids is 1. The zero-order valence-corrected chi connectivity index (χ0v) is 15.0. The van der Waals surface area contributed by atoms with Crippen LogP contribution < -0.4 is 4.72 Å². The van der Waals surface area contributed by atoms with Crippen molar-refractivity contribution in [3.63, 3.8) is 0 Å². The van der Waals surface area contributed by atoms with Crippen LogP contribution in [0, 0.1) is 5.92 Å². The zero-order chi connectivity index (χ0) is 18.3. The van der Waals surface area contributed by atoms with E-state index in [9.17, 15) is 18.0 Å². The standard InChI is InChI=1S/C16H24N2O5S/c1-4-8-24(22,23)17-14-7-5-6-13(9-14)16(21)18(10-12(2)3)11-15(19)20/h5-7,9,12,17H,4,8,10-11H2,1-3H3,(H,19,20). The molecule has 1 rings (SSSR count). The number of nitrogens with one attached hydrogen (secondary N) is 1. The summed E-state index contributed by atoms with van der Waals surface area (Å²) in [7, 11) is -3.45. The fourth-order valence-corrected chi connectivity index (χ4v) is 3.35. The summed E-state index contributed by atoms with van der Waals surface area (Å²) < 4.78 is 26.1. The first-order chi connectivity index (χ1) is 11.1. The maximum absolute atomic E-state index is 12.5. The molecule has 8 heteroatoms. The van der Waals surface area contributed by atoms with Gasteiger partial charge in [-0.3, -0.25) is 14.3 Å². The largest absolute Gasteiger partial charge is 0.480 e. The number of amides is 1. The van der Waals surface area contributed by atoms with Crippen molar-refractivity contribution in [1.82, 2.24) is 4.90 Å². The first-order valence-corrected chi connectivity index (χ1v) is 9.41. The Bertz CT molecular complexity index is 685. The van der Waals surface area contributed by atoms with Gasteiger partial charge < -0.3 is 10.0 Å². The quantitative estimate of drug-likeness (QED) is 0.704. The molecule has 0 radical (unpaired) electrons. The smallest absolute Gasteiger partial charge is 0.323 e. The summed E-state index contributed by atoms with van der Waals surface area (Å²) >= 11 is 0. The second kappa shape index (κ2) is 8.68. The number of anilines is 1. The summed E-state index contributed by atoms with van der Waals surface area (Å²) in [5, 5.41) is 8.97. The minimum absolute atomic E-state index is 0.0103. The number of carboxylic acids is 1. The molecular formula is C16H24N2O5S. The minimum atomic E-state index is -3.45. The maximum Gasteiger partial charge on any atom is 0.323 e. The summed E-state index contributed by atoms with van der Waals surface area (Å²) in [5.74, 6) is -1.44. The van der Waals surface area contributed by atoms with E-state index in [4.69, 9.17) is 5.11 Å². The van der Waals surface area contributed by atoms with Crippen LogP contribution in [-0.4, -0.2) is 49.1 Å². The van der Waals surface area contributed by atoms with E-state index in [1.54, 1.807) is 19.1 Å². The van der Waals surface area contributed by atoms with Crippen LogP contribution in [0.3, 0.4) is 0 Å². The van der Waals surface area contributed by atoms with Gasteiger partial charge in [-0.25, -0.2) is 8.42 Å². The molecule has 0 spiro atoms. The number of benzene rings is 1. The zero-order valence-electron chi connectivity index (χ0n) is 14.2. The van der Waals surface area contributed by atoms with Crippen LogP contribution in [0.15, 0.2) is 24.3 Å². The second-order valence-corrected chi connectivity index (χ2v) is 7.82. The van der Waals surface area contributed by atoms with Crippen LogP contribution in [-0.2, 0) is 14.8 Å². The highest BCUT2D eigenvalue weighted by molar-refractivity contribution is 7.92. The van der Waals surface area contributed by atoms with E-state index in [-0.39, 0.29) is 22.9 Å². The highest BCUT2D eigenvalue weighted by atomic mass is 32.2. The SMILES string of the molecule is CCCS(=O)(=O)Nc1cccc(C(=O)N(CC(=O)O)CC(C)C)c1. The normalized spacial score (nSPS) is 11.3. The predicted molar refractivity (Wildman–Crippen MR) is 92.5 cm³/mol. The maximum atomic E-state index is 12.5. The topological polar surface area (TPSA) is 104 Å². The van der Waals surface area contributed by atoms with E-state index in [1.807, 2.05) is 13.8 Å². The van der Waals surface area contributed by atoms with Gasteiger partial charge in [0.1, 0.15) is 6.54 Å². The molecule has 0 atom stereocenters. The van der Waals surface area contributed by atoms with Gasteiger partial charge in [0, 0.05) is 17.8 Å². The van der Waals surface area contributed by atoms with E-state index >= 15 is 0 Å². The fourth-order valence-electron chi connectivity index (χ4n) is 2.22. The molecule has 1 amide bonds. The molecule has 134 valence electrons. The molecule has 0 aliphatic rings. The van der Waals surface area contributed by atoms with E-state index < -0.39 is 28.4 Å². The van der Waals surface area contributed by atoms with Gasteiger partial charge in [0.05, 0.1) is 5.75 Å². The predicted octanol–water partition coefficient (Wildman–Crippen LogP) is 2.02. The van der Waals surface area contributed by atoms with Gasteiger partial charge in [0.25, 0.3) is 5.91 Å². The molecule has 2 N–H and O–H groups in total. The summed E-state index contributed by atoms with van der Waals surface area (Å²) in [5.41, 5.74) is 0.530. The van der Waals surface area contributed by atoms with Crippen LogP contribution in [0.5, 0.6) is 0 Å². The van der Waals surface area contributed by atoms with E-state index in [1.165, 1.54) is 17.0 Å². The monoisotopic (exact) mass is 356 g/mol. The van der Waals surface area contributed by atoms with Crippen LogP contribution in [0.1, 0.15) is 37.6 Å². The highest BCUT2D eigenvalue weighted by Gasteiger charge is 2.20. The number of carbonyl (C=O) groups is 2. The molecule has 0 unspecified atom stereocenters. The molecule has 0 heterocycles. The lowest BCUT2D eigenvalue weighted by Crippen LogP contribution is -2.38. The van der Waals surface area contributed by atoms with Crippen molar-refractivity contribution >= 4 is 27.6 Å². The third-order valence-corrected chi connectivity index (χ3v) is 4.55. The number of rotatable bonds is 9. The number of nitrogens with zero attached hydrogens (tertiary/aromatic N) is 1. The molecule has 24 heavy (non-hydrogen) atoms. The van der Waals surface area contributed by atoms with Crippen molar-refractivity contribution < 1.29 is 23.1 Å². The summed E-state index contributed by atoms with van der Waals surface area (Å²) in [4.78, 5) is 24.8. The van der Waals surface area contributed by atoms with Crippen molar-refractivity contribution in [1.29, 1.82) is 0 Å². The molecule has 1 aromatic rings. The van der Waals surface area contributed by atoms with Gasteiger partial charge in [0.15, 0.2) is 0 Å². The van der Waals surface area contributed by atoms with Crippen LogP contribution in [0.4, 0.5) is 5.69 Å². The molecule has 0 aliphatic carbocycles. The average Bonchev–Trinajstić information content (AvgIpc) is 2.44. The summed E-state index contributed by atoms with van der Waals surface area (Å²) in [6.07, 6.45) is 0.481. The van der Waals surface area contributed by atoms with Gasteiger partial charge in [-0.1, -0.05) is 26.8 Å². The molecule has 0 aliphatic heterocycles. The molecule has 1 aromatic carbocycles.